The van der Waals surface area contributed by atoms with Gasteiger partial charge in [-0.15, -0.1) is 0 Å². The van der Waals surface area contributed by atoms with E-state index in [0.29, 0.717) is 24.5 Å². The summed E-state index contributed by atoms with van der Waals surface area (Å²) in [4.78, 5) is 20.3. The lowest BCUT2D eigenvalue weighted by Gasteiger charge is -2.14. The van der Waals surface area contributed by atoms with E-state index >= 15 is 0 Å². The third-order valence-electron chi connectivity index (χ3n) is 5.12. The number of rotatable bonds is 10. The van der Waals surface area contributed by atoms with E-state index in [1.54, 1.807) is 32.3 Å². The van der Waals surface area contributed by atoms with Gasteiger partial charge in [0.1, 0.15) is 5.82 Å². The number of nitrogens with zero attached hydrogens (tertiary/aromatic N) is 3. The quantitative estimate of drug-likeness (QED) is 0.463. The van der Waals surface area contributed by atoms with Crippen molar-refractivity contribution in [1.82, 2.24) is 14.5 Å². The summed E-state index contributed by atoms with van der Waals surface area (Å²) in [5.74, 6) is -0.356. The lowest BCUT2D eigenvalue weighted by molar-refractivity contribution is 0.279. The molecular formula is C23H25FN4O5S. The van der Waals surface area contributed by atoms with Gasteiger partial charge in [-0.05, 0) is 43.4 Å². The summed E-state index contributed by atoms with van der Waals surface area (Å²) in [7, 11) is -2.08. The number of sulfonamides is 1. The van der Waals surface area contributed by atoms with Crippen molar-refractivity contribution in [2.45, 2.75) is 26.2 Å². The molecule has 1 fully saturated rings. The molecule has 0 unspecified atom stereocenters. The van der Waals surface area contributed by atoms with Crippen LogP contribution in [0, 0.1) is 11.7 Å². The number of halogens is 1. The Balaban J connectivity index is 1.73. The van der Waals surface area contributed by atoms with Crippen molar-refractivity contribution in [2.75, 3.05) is 17.1 Å². The van der Waals surface area contributed by atoms with Crippen molar-refractivity contribution in [3.8, 4) is 28.8 Å². The van der Waals surface area contributed by atoms with Gasteiger partial charge in [-0.1, -0.05) is 13.0 Å². The summed E-state index contributed by atoms with van der Waals surface area (Å²) in [6.07, 6.45) is 4.09. The zero-order chi connectivity index (χ0) is 24.3. The third-order valence-corrected chi connectivity index (χ3v) is 6.58. The fourth-order valence-electron chi connectivity index (χ4n) is 3.18. The molecule has 0 amide bonds. The Hall–Kier alpha value is -3.47. The van der Waals surface area contributed by atoms with Crippen LogP contribution in [0.15, 0.2) is 47.4 Å². The molecule has 9 nitrogen and oxygen atoms in total. The number of hydrogen-bond acceptors (Lipinski definition) is 7. The van der Waals surface area contributed by atoms with Crippen LogP contribution in [-0.2, 0) is 17.1 Å². The number of hydrogen-bond donors (Lipinski definition) is 1. The van der Waals surface area contributed by atoms with E-state index < -0.39 is 15.8 Å². The minimum Gasteiger partial charge on any atom is -0.489 e. The Morgan fingerprint density at radius 3 is 2.71 bits per heavy atom. The van der Waals surface area contributed by atoms with Gasteiger partial charge in [0.15, 0.2) is 11.6 Å². The maximum absolute atomic E-state index is 14.7. The molecule has 1 aromatic carbocycles. The molecule has 0 aliphatic heterocycles. The average Bonchev–Trinajstić information content (AvgIpc) is 3.60. The fourth-order valence-corrected chi connectivity index (χ4v) is 4.24. The number of aryl methyl sites for hydroxylation is 1. The molecule has 0 saturated heterocycles. The Bertz CT molecular complexity index is 1360. The number of pyridine rings is 1. The van der Waals surface area contributed by atoms with E-state index in [9.17, 15) is 17.6 Å². The van der Waals surface area contributed by atoms with Gasteiger partial charge in [-0.3, -0.25) is 9.52 Å². The van der Waals surface area contributed by atoms with Crippen LogP contribution in [0.1, 0.15) is 26.2 Å². The van der Waals surface area contributed by atoms with Crippen LogP contribution in [0.2, 0.25) is 0 Å². The predicted molar refractivity (Wildman–Crippen MR) is 125 cm³/mol. The molecule has 2 aromatic heterocycles. The first-order valence-electron chi connectivity index (χ1n) is 10.9. The Morgan fingerprint density at radius 1 is 1.21 bits per heavy atom. The molecule has 0 atom stereocenters. The Kier molecular flexibility index (Phi) is 6.82. The lowest BCUT2D eigenvalue weighted by Crippen LogP contribution is -2.17. The minimum atomic E-state index is -3.67. The van der Waals surface area contributed by atoms with Gasteiger partial charge in [-0.2, -0.15) is 9.97 Å². The van der Waals surface area contributed by atoms with Crippen molar-refractivity contribution in [3.05, 3.63) is 58.8 Å². The van der Waals surface area contributed by atoms with Gasteiger partial charge in [0, 0.05) is 30.9 Å². The van der Waals surface area contributed by atoms with Gasteiger partial charge >= 0.3 is 6.01 Å². The van der Waals surface area contributed by atoms with Gasteiger partial charge in [0.25, 0.3) is 0 Å². The van der Waals surface area contributed by atoms with Crippen LogP contribution in [-0.4, -0.2) is 35.3 Å². The minimum absolute atomic E-state index is 0.0425. The number of para-hydroxylation sites is 1. The van der Waals surface area contributed by atoms with E-state index in [1.807, 2.05) is 0 Å². The van der Waals surface area contributed by atoms with E-state index in [2.05, 4.69) is 14.7 Å². The standard InChI is InChI=1S/C23H25FN4O5S/c1-3-11-34(30,31)27-20-12-18(16-9-10-21(29)28(2)13-16)25-23(26-20)33-22-17(24)5-4-6-19(22)32-14-15-7-8-15/h4-6,9-10,12-13,15H,3,7-8,11,14H2,1-2H3,(H,25,26,27). The van der Waals surface area contributed by atoms with Gasteiger partial charge < -0.3 is 14.0 Å². The first-order valence-corrected chi connectivity index (χ1v) is 12.5. The van der Waals surface area contributed by atoms with E-state index in [1.165, 1.54) is 28.8 Å². The van der Waals surface area contributed by atoms with Crippen molar-refractivity contribution in [2.24, 2.45) is 13.0 Å². The summed E-state index contributed by atoms with van der Waals surface area (Å²) < 4.78 is 54.5. The fraction of sp³-hybridized carbons (Fsp3) is 0.348. The molecule has 34 heavy (non-hydrogen) atoms. The second-order valence-electron chi connectivity index (χ2n) is 8.13. The van der Waals surface area contributed by atoms with Crippen LogP contribution >= 0.6 is 0 Å². The topological polar surface area (TPSA) is 112 Å². The Morgan fingerprint density at radius 2 is 2.00 bits per heavy atom. The SMILES string of the molecule is CCCS(=O)(=O)Nc1cc(-c2ccc(=O)n(C)c2)nc(Oc2c(F)cccc2OCC2CC2)n1. The van der Waals surface area contributed by atoms with Crippen molar-refractivity contribution in [3.63, 3.8) is 0 Å². The molecule has 1 saturated carbocycles. The lowest BCUT2D eigenvalue weighted by atomic mass is 10.2. The van der Waals surface area contributed by atoms with Crippen LogP contribution in [0.3, 0.4) is 0 Å². The first-order chi connectivity index (χ1) is 16.2. The second kappa shape index (κ2) is 9.80. The number of benzene rings is 1. The van der Waals surface area contributed by atoms with Crippen molar-refractivity contribution in [1.29, 1.82) is 0 Å². The highest BCUT2D eigenvalue weighted by atomic mass is 32.2. The highest BCUT2D eigenvalue weighted by Crippen LogP contribution is 2.36. The van der Waals surface area contributed by atoms with Crippen LogP contribution < -0.4 is 19.8 Å². The van der Waals surface area contributed by atoms with Gasteiger partial charge in [0.2, 0.25) is 21.3 Å². The number of ether oxygens (including phenoxy) is 2. The number of aromatic nitrogens is 3. The molecule has 1 aliphatic rings. The molecule has 0 radical (unpaired) electrons. The molecule has 3 aromatic rings. The maximum atomic E-state index is 14.7. The molecule has 1 aliphatic carbocycles. The summed E-state index contributed by atoms with van der Waals surface area (Å²) in [6.45, 7) is 2.19. The van der Waals surface area contributed by atoms with Gasteiger partial charge in [0.05, 0.1) is 18.1 Å². The van der Waals surface area contributed by atoms with E-state index in [4.69, 9.17) is 9.47 Å². The van der Waals surface area contributed by atoms with Crippen LogP contribution in [0.4, 0.5) is 10.2 Å². The molecule has 4 rings (SSSR count). The van der Waals surface area contributed by atoms with E-state index in [0.717, 1.165) is 12.8 Å². The van der Waals surface area contributed by atoms with Crippen molar-refractivity contribution >= 4 is 15.8 Å². The molecular weight excluding hydrogens is 463 g/mol. The van der Waals surface area contributed by atoms with Gasteiger partial charge in [-0.25, -0.2) is 12.8 Å². The first kappa shape index (κ1) is 23.7. The summed E-state index contributed by atoms with van der Waals surface area (Å²) in [5.41, 5.74) is 0.581. The molecule has 11 heteroatoms. The van der Waals surface area contributed by atoms with Crippen LogP contribution in [0.5, 0.6) is 17.5 Å². The Labute approximate surface area is 196 Å². The molecule has 2 heterocycles. The predicted octanol–water partition coefficient (Wildman–Crippen LogP) is 3.71. The highest BCUT2D eigenvalue weighted by Gasteiger charge is 2.24. The molecule has 0 spiro atoms. The molecule has 1 N–H and O–H groups in total. The number of anilines is 1. The van der Waals surface area contributed by atoms with Crippen LogP contribution in [0.25, 0.3) is 11.3 Å². The molecule has 180 valence electrons. The zero-order valence-electron chi connectivity index (χ0n) is 18.8. The monoisotopic (exact) mass is 488 g/mol. The smallest absolute Gasteiger partial charge is 0.324 e. The third kappa shape index (κ3) is 5.90. The maximum Gasteiger partial charge on any atom is 0.324 e. The average molecular weight is 489 g/mol. The summed E-state index contributed by atoms with van der Waals surface area (Å²) >= 11 is 0. The normalized spacial score (nSPS) is 13.5. The summed E-state index contributed by atoms with van der Waals surface area (Å²) in [5, 5.41) is 0. The second-order valence-corrected chi connectivity index (χ2v) is 9.97. The highest BCUT2D eigenvalue weighted by molar-refractivity contribution is 7.92. The number of nitrogens with one attached hydrogen (secondary N) is 1. The zero-order valence-corrected chi connectivity index (χ0v) is 19.6. The summed E-state index contributed by atoms with van der Waals surface area (Å²) in [6, 6.07) is 8.37. The largest absolute Gasteiger partial charge is 0.489 e. The molecule has 0 bridgehead atoms. The van der Waals surface area contributed by atoms with Crippen molar-refractivity contribution < 1.29 is 22.3 Å². The van der Waals surface area contributed by atoms with E-state index in [-0.39, 0.29) is 40.3 Å².